The second-order valence-corrected chi connectivity index (χ2v) is 4.21. The molecule has 2 rings (SSSR count). The molecule has 8 heteroatoms. The molecule has 0 unspecified atom stereocenters. The molecular formula is C8H8ClN5OS. The van der Waals surface area contributed by atoms with Crippen LogP contribution in [0.3, 0.4) is 0 Å². The summed E-state index contributed by atoms with van der Waals surface area (Å²) in [7, 11) is 0. The Bertz CT molecular complexity index is 551. The second-order valence-electron chi connectivity index (χ2n) is 2.84. The van der Waals surface area contributed by atoms with E-state index in [0.717, 1.165) is 0 Å². The van der Waals surface area contributed by atoms with E-state index in [0.29, 0.717) is 21.9 Å². The lowest BCUT2D eigenvalue weighted by Crippen LogP contribution is -2.16. The van der Waals surface area contributed by atoms with Crippen molar-refractivity contribution < 1.29 is 0 Å². The molecule has 1 N–H and O–H groups in total. The van der Waals surface area contributed by atoms with E-state index in [2.05, 4.69) is 20.2 Å². The maximum absolute atomic E-state index is 11.3. The van der Waals surface area contributed by atoms with Gasteiger partial charge < -0.3 is 0 Å². The number of nitrogens with zero attached hydrogens (tertiary/aromatic N) is 4. The SMILES string of the molecule is CCn1c(Sc2cc(Cl)ncn2)n[nH]c1=O. The fraction of sp³-hybridized carbons (Fsp3) is 0.250. The van der Waals surface area contributed by atoms with Gasteiger partial charge in [-0.25, -0.2) is 19.9 Å². The minimum Gasteiger partial charge on any atom is -0.270 e. The Balaban J connectivity index is 2.30. The Morgan fingerprint density at radius 2 is 2.38 bits per heavy atom. The van der Waals surface area contributed by atoms with Crippen molar-refractivity contribution in [2.24, 2.45) is 0 Å². The fourth-order valence-corrected chi connectivity index (χ4v) is 2.21. The summed E-state index contributed by atoms with van der Waals surface area (Å²) in [6.45, 7) is 2.42. The molecule has 0 aliphatic rings. The molecule has 0 saturated carbocycles. The number of aromatic amines is 1. The van der Waals surface area contributed by atoms with E-state index in [1.165, 1.54) is 22.7 Å². The first-order valence-electron chi connectivity index (χ1n) is 4.51. The van der Waals surface area contributed by atoms with E-state index in [1.54, 1.807) is 6.07 Å². The monoisotopic (exact) mass is 257 g/mol. The first-order valence-corrected chi connectivity index (χ1v) is 5.70. The van der Waals surface area contributed by atoms with Crippen molar-refractivity contribution >= 4 is 23.4 Å². The van der Waals surface area contributed by atoms with Crippen molar-refractivity contribution in [3.8, 4) is 0 Å². The molecule has 0 atom stereocenters. The van der Waals surface area contributed by atoms with Gasteiger partial charge in [-0.2, -0.15) is 0 Å². The standard InChI is InChI=1S/C8H8ClN5OS/c1-2-14-7(15)12-13-8(14)16-6-3-5(9)10-4-11-6/h3-4H,2H2,1H3,(H,12,15). The van der Waals surface area contributed by atoms with Crippen molar-refractivity contribution in [2.45, 2.75) is 23.7 Å². The largest absolute Gasteiger partial charge is 0.343 e. The van der Waals surface area contributed by atoms with Crippen LogP contribution in [-0.2, 0) is 6.54 Å². The van der Waals surface area contributed by atoms with E-state index in [4.69, 9.17) is 11.6 Å². The first-order chi connectivity index (χ1) is 7.70. The molecule has 0 aliphatic heterocycles. The smallest absolute Gasteiger partial charge is 0.270 e. The van der Waals surface area contributed by atoms with Crippen molar-refractivity contribution in [3.63, 3.8) is 0 Å². The lowest BCUT2D eigenvalue weighted by Gasteiger charge is -2.00. The highest BCUT2D eigenvalue weighted by atomic mass is 35.5. The number of H-pyrrole nitrogens is 1. The van der Waals surface area contributed by atoms with Gasteiger partial charge in [-0.05, 0) is 18.7 Å². The van der Waals surface area contributed by atoms with Gasteiger partial charge in [0.15, 0.2) is 5.16 Å². The van der Waals surface area contributed by atoms with Crippen molar-refractivity contribution in [2.75, 3.05) is 0 Å². The predicted molar refractivity (Wildman–Crippen MR) is 59.7 cm³/mol. The van der Waals surface area contributed by atoms with E-state index < -0.39 is 0 Å². The van der Waals surface area contributed by atoms with Crippen LogP contribution in [0.1, 0.15) is 6.92 Å². The van der Waals surface area contributed by atoms with Crippen LogP contribution in [-0.4, -0.2) is 24.7 Å². The van der Waals surface area contributed by atoms with Crippen LogP contribution >= 0.6 is 23.4 Å². The van der Waals surface area contributed by atoms with Gasteiger partial charge in [0.2, 0.25) is 0 Å². The van der Waals surface area contributed by atoms with Gasteiger partial charge >= 0.3 is 5.69 Å². The average molecular weight is 258 g/mol. The molecule has 0 amide bonds. The number of nitrogens with one attached hydrogen (secondary N) is 1. The molecule has 84 valence electrons. The molecule has 0 saturated heterocycles. The van der Waals surface area contributed by atoms with E-state index in [9.17, 15) is 4.79 Å². The number of aromatic nitrogens is 5. The Labute approximate surface area is 100 Å². The minimum atomic E-state index is -0.231. The average Bonchev–Trinajstić information content (AvgIpc) is 2.59. The summed E-state index contributed by atoms with van der Waals surface area (Å²) in [6, 6.07) is 1.62. The fourth-order valence-electron chi connectivity index (χ4n) is 1.13. The Kier molecular flexibility index (Phi) is 3.25. The van der Waals surface area contributed by atoms with Crippen LogP contribution in [0.25, 0.3) is 0 Å². The third kappa shape index (κ3) is 2.25. The number of hydrogen-bond donors (Lipinski definition) is 1. The van der Waals surface area contributed by atoms with Gasteiger partial charge in [-0.15, -0.1) is 5.10 Å². The molecule has 0 aliphatic carbocycles. The normalized spacial score (nSPS) is 10.6. The van der Waals surface area contributed by atoms with Crippen molar-refractivity contribution in [1.82, 2.24) is 24.7 Å². The van der Waals surface area contributed by atoms with Gasteiger partial charge in [0.25, 0.3) is 0 Å². The summed E-state index contributed by atoms with van der Waals surface area (Å²) in [5.74, 6) is 0. The van der Waals surface area contributed by atoms with Crippen LogP contribution in [0, 0.1) is 0 Å². The maximum atomic E-state index is 11.3. The summed E-state index contributed by atoms with van der Waals surface area (Å²) in [5, 5.41) is 7.84. The molecule has 2 heterocycles. The van der Waals surface area contributed by atoms with Crippen LogP contribution in [0.4, 0.5) is 0 Å². The number of hydrogen-bond acceptors (Lipinski definition) is 5. The quantitative estimate of drug-likeness (QED) is 0.836. The van der Waals surface area contributed by atoms with Gasteiger partial charge in [-0.3, -0.25) is 4.57 Å². The second kappa shape index (κ2) is 4.67. The van der Waals surface area contributed by atoms with Gasteiger partial charge in [0.05, 0.1) is 0 Å². The Morgan fingerprint density at radius 3 is 3.06 bits per heavy atom. The molecule has 0 aromatic carbocycles. The molecule has 0 fully saturated rings. The lowest BCUT2D eigenvalue weighted by molar-refractivity contribution is 0.660. The highest BCUT2D eigenvalue weighted by Gasteiger charge is 2.09. The summed E-state index contributed by atoms with van der Waals surface area (Å²) in [5.41, 5.74) is -0.231. The summed E-state index contributed by atoms with van der Waals surface area (Å²) in [6.07, 6.45) is 1.37. The summed E-state index contributed by atoms with van der Waals surface area (Å²) >= 11 is 6.99. The van der Waals surface area contributed by atoms with E-state index in [-0.39, 0.29) is 5.69 Å². The third-order valence-corrected chi connectivity index (χ3v) is 2.98. The molecular weight excluding hydrogens is 250 g/mol. The molecule has 0 bridgehead atoms. The number of rotatable bonds is 3. The predicted octanol–water partition coefficient (Wildman–Crippen LogP) is 1.19. The van der Waals surface area contributed by atoms with Crippen LogP contribution in [0.5, 0.6) is 0 Å². The zero-order valence-electron chi connectivity index (χ0n) is 8.35. The number of halogens is 1. The Hall–Kier alpha value is -1.34. The summed E-state index contributed by atoms with van der Waals surface area (Å²) in [4.78, 5) is 19.1. The molecule has 6 nitrogen and oxygen atoms in total. The summed E-state index contributed by atoms with van der Waals surface area (Å²) < 4.78 is 1.51. The highest BCUT2D eigenvalue weighted by molar-refractivity contribution is 7.99. The van der Waals surface area contributed by atoms with Gasteiger partial charge in [-0.1, -0.05) is 11.6 Å². The zero-order chi connectivity index (χ0) is 11.5. The first kappa shape index (κ1) is 11.2. The third-order valence-electron chi connectivity index (χ3n) is 1.84. The molecule has 2 aromatic rings. The maximum Gasteiger partial charge on any atom is 0.343 e. The van der Waals surface area contributed by atoms with Crippen LogP contribution in [0.2, 0.25) is 5.15 Å². The molecule has 0 spiro atoms. The zero-order valence-corrected chi connectivity index (χ0v) is 9.92. The van der Waals surface area contributed by atoms with Crippen LogP contribution < -0.4 is 5.69 Å². The lowest BCUT2D eigenvalue weighted by atomic mass is 10.7. The minimum absolute atomic E-state index is 0.231. The molecule has 2 aromatic heterocycles. The van der Waals surface area contributed by atoms with Crippen molar-refractivity contribution in [1.29, 1.82) is 0 Å². The van der Waals surface area contributed by atoms with Gasteiger partial charge in [0.1, 0.15) is 16.5 Å². The molecule has 0 radical (unpaired) electrons. The van der Waals surface area contributed by atoms with E-state index in [1.807, 2.05) is 6.92 Å². The van der Waals surface area contributed by atoms with Crippen LogP contribution in [0.15, 0.2) is 27.4 Å². The molecule has 16 heavy (non-hydrogen) atoms. The van der Waals surface area contributed by atoms with Gasteiger partial charge in [0, 0.05) is 12.6 Å². The Morgan fingerprint density at radius 1 is 1.56 bits per heavy atom. The van der Waals surface area contributed by atoms with E-state index >= 15 is 0 Å². The van der Waals surface area contributed by atoms with Crippen molar-refractivity contribution in [3.05, 3.63) is 28.0 Å². The highest BCUT2D eigenvalue weighted by Crippen LogP contribution is 2.23. The topological polar surface area (TPSA) is 76.5 Å².